The van der Waals surface area contributed by atoms with Crippen LogP contribution in [0.2, 0.25) is 0 Å². The van der Waals surface area contributed by atoms with Crippen LogP contribution >= 0.6 is 0 Å². The molecule has 0 bridgehead atoms. The number of benzene rings is 2. The summed E-state index contributed by atoms with van der Waals surface area (Å²) in [7, 11) is 1.72. The molecule has 6 heteroatoms. The molecule has 0 amide bonds. The number of methoxy groups -OCH3 is 1. The Labute approximate surface area is 165 Å². The number of hydrogen-bond donors (Lipinski definition) is 1. The van der Waals surface area contributed by atoms with Crippen LogP contribution < -0.4 is 24.4 Å². The van der Waals surface area contributed by atoms with Gasteiger partial charge < -0.3 is 24.4 Å². The molecule has 0 radical (unpaired) electrons. The summed E-state index contributed by atoms with van der Waals surface area (Å²) >= 11 is 0. The van der Waals surface area contributed by atoms with Gasteiger partial charge in [0.25, 0.3) is 0 Å². The Kier molecular flexibility index (Phi) is 5.86. The minimum Gasteiger partial charge on any atom is -0.495 e. The van der Waals surface area contributed by atoms with Gasteiger partial charge in [0.2, 0.25) is 0 Å². The number of ether oxygens (including phenoxy) is 3. The fourth-order valence-corrected chi connectivity index (χ4v) is 3.92. The van der Waals surface area contributed by atoms with Gasteiger partial charge in [-0.3, -0.25) is 0 Å². The second-order valence-corrected chi connectivity index (χ2v) is 7.38. The lowest BCUT2D eigenvalue weighted by Gasteiger charge is -2.34. The van der Waals surface area contributed by atoms with E-state index >= 15 is 0 Å². The molecule has 1 atom stereocenters. The molecule has 0 saturated carbocycles. The molecule has 0 spiro atoms. The molecule has 1 fully saturated rings. The maximum absolute atomic E-state index is 13.8. The lowest BCUT2D eigenvalue weighted by molar-refractivity contribution is 0.0841. The van der Waals surface area contributed by atoms with Crippen LogP contribution in [0.25, 0.3) is 0 Å². The van der Waals surface area contributed by atoms with Crippen molar-refractivity contribution in [1.29, 1.82) is 0 Å². The maximum Gasteiger partial charge on any atom is 0.197 e. The fraction of sp³-hybridized carbons (Fsp3) is 0.455. The van der Waals surface area contributed by atoms with Crippen LogP contribution in [0.15, 0.2) is 42.5 Å². The third kappa shape index (κ3) is 4.17. The summed E-state index contributed by atoms with van der Waals surface area (Å²) in [5, 5.41) is 3.48. The molecule has 2 heterocycles. The zero-order chi connectivity index (χ0) is 19.3. The van der Waals surface area contributed by atoms with Crippen molar-refractivity contribution >= 4 is 5.69 Å². The highest BCUT2D eigenvalue weighted by molar-refractivity contribution is 5.58. The SMILES string of the molecule is COc1ccccc1N1CCC(CNC[C@H]2COc3cccc(F)c3O2)CC1. The fourth-order valence-electron chi connectivity index (χ4n) is 3.92. The Balaban J connectivity index is 1.22. The monoisotopic (exact) mass is 386 g/mol. The Bertz CT molecular complexity index is 793. The summed E-state index contributed by atoms with van der Waals surface area (Å²) in [5.41, 5.74) is 1.17. The van der Waals surface area contributed by atoms with Crippen LogP contribution in [0.5, 0.6) is 17.2 Å². The summed E-state index contributed by atoms with van der Waals surface area (Å²) in [5.74, 6) is 1.90. The summed E-state index contributed by atoms with van der Waals surface area (Å²) in [6, 6.07) is 12.9. The molecule has 2 aliphatic heterocycles. The molecule has 5 nitrogen and oxygen atoms in total. The summed E-state index contributed by atoms with van der Waals surface area (Å²) < 4.78 is 30.7. The maximum atomic E-state index is 13.8. The average Bonchev–Trinajstić information content (AvgIpc) is 2.75. The Morgan fingerprint density at radius 1 is 1.11 bits per heavy atom. The van der Waals surface area contributed by atoms with Crippen molar-refractivity contribution < 1.29 is 18.6 Å². The standard InChI is InChI=1S/C22H27FN2O3/c1-26-20-7-3-2-6-19(20)25-11-9-16(10-12-25)13-24-14-17-15-27-21-8-4-5-18(23)22(21)28-17/h2-8,16-17,24H,9-15H2,1H3/t17-/m0/s1. The van der Waals surface area contributed by atoms with Gasteiger partial charge in [-0.15, -0.1) is 0 Å². The van der Waals surface area contributed by atoms with Crippen molar-refractivity contribution in [2.24, 2.45) is 5.92 Å². The van der Waals surface area contributed by atoms with Crippen molar-refractivity contribution in [2.75, 3.05) is 44.8 Å². The zero-order valence-electron chi connectivity index (χ0n) is 16.2. The van der Waals surface area contributed by atoms with Gasteiger partial charge in [-0.25, -0.2) is 4.39 Å². The first kappa shape index (κ1) is 18.9. The molecule has 2 aromatic carbocycles. The number of fused-ring (bicyclic) bond motifs is 1. The molecule has 1 saturated heterocycles. The van der Waals surface area contributed by atoms with E-state index in [1.807, 2.05) is 12.1 Å². The number of nitrogens with one attached hydrogen (secondary N) is 1. The van der Waals surface area contributed by atoms with Gasteiger partial charge in [-0.1, -0.05) is 18.2 Å². The number of piperidine rings is 1. The van der Waals surface area contributed by atoms with Gasteiger partial charge in [0.1, 0.15) is 18.5 Å². The molecular formula is C22H27FN2O3. The quantitative estimate of drug-likeness (QED) is 0.823. The average molecular weight is 386 g/mol. The molecule has 2 aliphatic rings. The largest absolute Gasteiger partial charge is 0.495 e. The van der Waals surface area contributed by atoms with Gasteiger partial charge >= 0.3 is 0 Å². The third-order valence-electron chi connectivity index (χ3n) is 5.49. The Morgan fingerprint density at radius 3 is 2.75 bits per heavy atom. The lowest BCUT2D eigenvalue weighted by atomic mass is 9.96. The molecular weight excluding hydrogens is 359 g/mol. The molecule has 150 valence electrons. The first-order valence-electron chi connectivity index (χ1n) is 9.91. The van der Waals surface area contributed by atoms with E-state index in [1.165, 1.54) is 11.8 Å². The predicted molar refractivity (Wildman–Crippen MR) is 107 cm³/mol. The number of hydrogen-bond acceptors (Lipinski definition) is 5. The van der Waals surface area contributed by atoms with Gasteiger partial charge in [-0.2, -0.15) is 0 Å². The number of anilines is 1. The van der Waals surface area contributed by atoms with Crippen molar-refractivity contribution in [1.82, 2.24) is 5.32 Å². The Hall–Kier alpha value is -2.47. The van der Waals surface area contributed by atoms with E-state index < -0.39 is 0 Å². The van der Waals surface area contributed by atoms with Gasteiger partial charge in [0.05, 0.1) is 12.8 Å². The molecule has 0 aliphatic carbocycles. The zero-order valence-corrected chi connectivity index (χ0v) is 16.2. The highest BCUT2D eigenvalue weighted by Gasteiger charge is 2.25. The van der Waals surface area contributed by atoms with Gasteiger partial charge in [0.15, 0.2) is 17.3 Å². The van der Waals surface area contributed by atoms with Crippen molar-refractivity contribution in [3.05, 3.63) is 48.3 Å². The molecule has 1 N–H and O–H groups in total. The molecule has 4 rings (SSSR count). The summed E-state index contributed by atoms with van der Waals surface area (Å²) in [6.07, 6.45) is 2.09. The summed E-state index contributed by atoms with van der Waals surface area (Å²) in [4.78, 5) is 2.40. The van der Waals surface area contributed by atoms with E-state index in [4.69, 9.17) is 14.2 Å². The molecule has 0 unspecified atom stereocenters. The van der Waals surface area contributed by atoms with E-state index in [2.05, 4.69) is 22.3 Å². The van der Waals surface area contributed by atoms with Crippen LogP contribution in [0.1, 0.15) is 12.8 Å². The topological polar surface area (TPSA) is 43.0 Å². The number of nitrogens with zero attached hydrogens (tertiary/aromatic N) is 1. The van der Waals surface area contributed by atoms with E-state index in [0.717, 1.165) is 38.2 Å². The van der Waals surface area contributed by atoms with Crippen LogP contribution in [-0.4, -0.2) is 46.0 Å². The van der Waals surface area contributed by atoms with Crippen LogP contribution in [0, 0.1) is 11.7 Å². The van der Waals surface area contributed by atoms with Gasteiger partial charge in [0, 0.05) is 19.6 Å². The minimum absolute atomic E-state index is 0.168. The van der Waals surface area contributed by atoms with E-state index in [-0.39, 0.29) is 17.7 Å². The second-order valence-electron chi connectivity index (χ2n) is 7.38. The van der Waals surface area contributed by atoms with Crippen molar-refractivity contribution in [2.45, 2.75) is 18.9 Å². The summed E-state index contributed by atoms with van der Waals surface area (Å²) in [6.45, 7) is 4.07. The highest BCUT2D eigenvalue weighted by Crippen LogP contribution is 2.34. The predicted octanol–water partition coefficient (Wildman–Crippen LogP) is 3.48. The van der Waals surface area contributed by atoms with Crippen molar-refractivity contribution in [3.8, 4) is 17.2 Å². The van der Waals surface area contributed by atoms with Crippen LogP contribution in [0.3, 0.4) is 0 Å². The second kappa shape index (κ2) is 8.69. The van der Waals surface area contributed by atoms with Crippen LogP contribution in [0.4, 0.5) is 10.1 Å². The molecule has 28 heavy (non-hydrogen) atoms. The first-order chi connectivity index (χ1) is 13.7. The van der Waals surface area contributed by atoms with E-state index in [9.17, 15) is 4.39 Å². The van der Waals surface area contributed by atoms with Gasteiger partial charge in [-0.05, 0) is 49.6 Å². The number of rotatable bonds is 6. The van der Waals surface area contributed by atoms with Crippen LogP contribution in [-0.2, 0) is 0 Å². The molecule has 0 aromatic heterocycles. The number of para-hydroxylation sites is 3. The van der Waals surface area contributed by atoms with Crippen molar-refractivity contribution in [3.63, 3.8) is 0 Å². The molecule has 2 aromatic rings. The number of halogens is 1. The van der Waals surface area contributed by atoms with E-state index in [0.29, 0.717) is 24.8 Å². The normalized spacial score (nSPS) is 19.5. The first-order valence-corrected chi connectivity index (χ1v) is 9.91. The third-order valence-corrected chi connectivity index (χ3v) is 5.49. The smallest absolute Gasteiger partial charge is 0.197 e. The highest BCUT2D eigenvalue weighted by atomic mass is 19.1. The lowest BCUT2D eigenvalue weighted by Crippen LogP contribution is -2.42. The minimum atomic E-state index is -0.370. The van der Waals surface area contributed by atoms with E-state index in [1.54, 1.807) is 19.2 Å². The Morgan fingerprint density at radius 2 is 1.93 bits per heavy atom.